The summed E-state index contributed by atoms with van der Waals surface area (Å²) in [5, 5.41) is 0.896. The third kappa shape index (κ3) is 2.81. The highest BCUT2D eigenvalue weighted by Crippen LogP contribution is 2.35. The number of aromatic nitrogens is 4. The van der Waals surface area contributed by atoms with Crippen LogP contribution in [0.25, 0.3) is 11.2 Å². The maximum Gasteiger partial charge on any atom is 0.179 e. The highest BCUT2D eigenvalue weighted by Gasteiger charge is 2.17. The second-order valence-electron chi connectivity index (χ2n) is 5.39. The van der Waals surface area contributed by atoms with Crippen LogP contribution in [-0.2, 0) is 5.41 Å². The predicted octanol–water partition coefficient (Wildman–Crippen LogP) is 3.93. The Labute approximate surface area is 125 Å². The van der Waals surface area contributed by atoms with Crippen LogP contribution in [0.15, 0.2) is 40.1 Å². The molecule has 6 heteroatoms. The van der Waals surface area contributed by atoms with Crippen LogP contribution in [0.2, 0.25) is 0 Å². The summed E-state index contributed by atoms with van der Waals surface area (Å²) in [7, 11) is 0. The van der Waals surface area contributed by atoms with Gasteiger partial charge in [-0.2, -0.15) is 0 Å². The molecule has 0 aliphatic carbocycles. The van der Waals surface area contributed by atoms with E-state index < -0.39 is 0 Å². The smallest absolute Gasteiger partial charge is 0.179 e. The minimum absolute atomic E-state index is 0.138. The first-order valence-corrected chi connectivity index (χ1v) is 7.87. The Bertz CT molecular complexity index is 746. The first-order chi connectivity index (χ1) is 9.52. The number of rotatable bonds is 2. The Morgan fingerprint density at radius 1 is 1.05 bits per heavy atom. The molecule has 0 saturated carbocycles. The molecular formula is C14H14N4S2. The fourth-order valence-electron chi connectivity index (χ4n) is 1.64. The number of nitrogens with zero attached hydrogens (tertiary/aromatic N) is 4. The van der Waals surface area contributed by atoms with Crippen molar-refractivity contribution in [3.8, 4) is 0 Å². The lowest BCUT2D eigenvalue weighted by molar-refractivity contribution is 0.602. The van der Waals surface area contributed by atoms with Gasteiger partial charge in [-0.25, -0.2) is 15.0 Å². The van der Waals surface area contributed by atoms with Crippen molar-refractivity contribution >= 4 is 34.3 Å². The molecule has 3 aromatic rings. The van der Waals surface area contributed by atoms with E-state index in [1.165, 1.54) is 4.88 Å². The molecule has 0 atom stereocenters. The minimum Gasteiger partial charge on any atom is -0.251 e. The lowest BCUT2D eigenvalue weighted by Gasteiger charge is -2.14. The summed E-state index contributed by atoms with van der Waals surface area (Å²) in [6.45, 7) is 6.58. The molecule has 0 aliphatic heterocycles. The molecule has 0 bridgehead atoms. The zero-order chi connectivity index (χ0) is 14.2. The Morgan fingerprint density at radius 2 is 1.85 bits per heavy atom. The molecule has 0 aliphatic rings. The summed E-state index contributed by atoms with van der Waals surface area (Å²) in [6.07, 6.45) is 5.28. The van der Waals surface area contributed by atoms with E-state index in [-0.39, 0.29) is 5.41 Å². The normalized spacial score (nSPS) is 11.9. The SMILES string of the molecule is CC(C)(C)c1cnc(Sc2ccc3nccnc3n2)s1. The number of fused-ring (bicyclic) bond motifs is 1. The number of pyridine rings is 1. The molecular weight excluding hydrogens is 288 g/mol. The van der Waals surface area contributed by atoms with E-state index in [2.05, 4.69) is 40.7 Å². The van der Waals surface area contributed by atoms with Gasteiger partial charge in [-0.1, -0.05) is 20.8 Å². The van der Waals surface area contributed by atoms with E-state index in [4.69, 9.17) is 0 Å². The summed E-state index contributed by atoms with van der Waals surface area (Å²) >= 11 is 3.28. The fourth-order valence-corrected chi connectivity index (χ4v) is 3.59. The van der Waals surface area contributed by atoms with E-state index in [1.807, 2.05) is 18.3 Å². The van der Waals surface area contributed by atoms with E-state index in [1.54, 1.807) is 35.5 Å². The molecule has 0 fully saturated rings. The van der Waals surface area contributed by atoms with Crippen molar-refractivity contribution in [2.45, 2.75) is 35.6 Å². The van der Waals surface area contributed by atoms with E-state index in [9.17, 15) is 0 Å². The first-order valence-electron chi connectivity index (χ1n) is 6.24. The second kappa shape index (κ2) is 5.10. The Kier molecular flexibility index (Phi) is 3.43. The van der Waals surface area contributed by atoms with Gasteiger partial charge in [0.2, 0.25) is 0 Å². The molecule has 3 aromatic heterocycles. The molecule has 3 heterocycles. The average molecular weight is 302 g/mol. The number of hydrogen-bond donors (Lipinski definition) is 0. The molecule has 20 heavy (non-hydrogen) atoms. The molecule has 0 unspecified atom stereocenters. The molecule has 0 spiro atoms. The summed E-state index contributed by atoms with van der Waals surface area (Å²) in [4.78, 5) is 18.7. The maximum absolute atomic E-state index is 4.50. The van der Waals surface area contributed by atoms with Crippen LogP contribution in [-0.4, -0.2) is 19.9 Å². The van der Waals surface area contributed by atoms with Gasteiger partial charge in [0, 0.05) is 23.5 Å². The highest BCUT2D eigenvalue weighted by atomic mass is 32.2. The third-order valence-corrected chi connectivity index (χ3v) is 5.16. The van der Waals surface area contributed by atoms with Crippen LogP contribution in [0, 0.1) is 0 Å². The monoisotopic (exact) mass is 302 g/mol. The summed E-state index contributed by atoms with van der Waals surface area (Å²) in [5.74, 6) is 0. The van der Waals surface area contributed by atoms with Crippen molar-refractivity contribution in [2.75, 3.05) is 0 Å². The van der Waals surface area contributed by atoms with Gasteiger partial charge < -0.3 is 0 Å². The van der Waals surface area contributed by atoms with Crippen LogP contribution < -0.4 is 0 Å². The van der Waals surface area contributed by atoms with Gasteiger partial charge in [0.05, 0.1) is 0 Å². The molecule has 102 valence electrons. The summed E-state index contributed by atoms with van der Waals surface area (Å²) in [6, 6.07) is 3.90. The molecule has 0 amide bonds. The van der Waals surface area contributed by atoms with Gasteiger partial charge >= 0.3 is 0 Å². The van der Waals surface area contributed by atoms with E-state index in [0.717, 1.165) is 14.9 Å². The topological polar surface area (TPSA) is 51.6 Å². The van der Waals surface area contributed by atoms with Crippen LogP contribution in [0.1, 0.15) is 25.6 Å². The van der Waals surface area contributed by atoms with Gasteiger partial charge in [-0.05, 0) is 29.3 Å². The van der Waals surface area contributed by atoms with Crippen LogP contribution in [0.5, 0.6) is 0 Å². The molecule has 0 aromatic carbocycles. The maximum atomic E-state index is 4.50. The van der Waals surface area contributed by atoms with Crippen molar-refractivity contribution in [1.82, 2.24) is 19.9 Å². The van der Waals surface area contributed by atoms with Gasteiger partial charge in [-0.3, -0.25) is 4.98 Å². The van der Waals surface area contributed by atoms with Crippen LogP contribution in [0.3, 0.4) is 0 Å². The second-order valence-corrected chi connectivity index (χ2v) is 7.69. The Hall–Kier alpha value is -1.53. The standard InChI is InChI=1S/C14H14N4S2/c1-14(2,3)10-8-17-13(19-10)20-11-5-4-9-12(18-11)16-7-6-15-9/h4-8H,1-3H3. The predicted molar refractivity (Wildman–Crippen MR) is 82.3 cm³/mol. The minimum atomic E-state index is 0.138. The fraction of sp³-hybridized carbons (Fsp3) is 0.286. The lowest BCUT2D eigenvalue weighted by Crippen LogP contribution is -2.07. The zero-order valence-corrected chi connectivity index (χ0v) is 13.1. The molecule has 3 rings (SSSR count). The number of thiazole rings is 1. The quantitative estimate of drug-likeness (QED) is 0.718. The van der Waals surface area contributed by atoms with E-state index >= 15 is 0 Å². The third-order valence-electron chi connectivity index (χ3n) is 2.72. The molecule has 0 radical (unpaired) electrons. The first kappa shape index (κ1) is 13.5. The molecule has 0 N–H and O–H groups in total. The van der Waals surface area contributed by atoms with E-state index in [0.29, 0.717) is 5.65 Å². The van der Waals surface area contributed by atoms with Gasteiger partial charge in [0.15, 0.2) is 9.99 Å². The lowest BCUT2D eigenvalue weighted by atomic mass is 9.96. The van der Waals surface area contributed by atoms with Crippen molar-refractivity contribution in [3.05, 3.63) is 35.6 Å². The van der Waals surface area contributed by atoms with Gasteiger partial charge in [0.1, 0.15) is 10.5 Å². The van der Waals surface area contributed by atoms with Gasteiger partial charge in [0.25, 0.3) is 0 Å². The molecule has 4 nitrogen and oxygen atoms in total. The number of hydrogen-bond acceptors (Lipinski definition) is 6. The van der Waals surface area contributed by atoms with Crippen molar-refractivity contribution in [1.29, 1.82) is 0 Å². The van der Waals surface area contributed by atoms with Crippen molar-refractivity contribution in [2.24, 2.45) is 0 Å². The van der Waals surface area contributed by atoms with Crippen LogP contribution >= 0.6 is 23.1 Å². The Morgan fingerprint density at radius 3 is 2.60 bits per heavy atom. The highest BCUT2D eigenvalue weighted by molar-refractivity contribution is 8.01. The summed E-state index contributed by atoms with van der Waals surface area (Å²) < 4.78 is 1.01. The summed E-state index contributed by atoms with van der Waals surface area (Å²) in [5.41, 5.74) is 1.62. The molecule has 0 saturated heterocycles. The van der Waals surface area contributed by atoms with Crippen molar-refractivity contribution < 1.29 is 0 Å². The van der Waals surface area contributed by atoms with Crippen LogP contribution in [0.4, 0.5) is 0 Å². The zero-order valence-electron chi connectivity index (χ0n) is 11.5. The Balaban J connectivity index is 1.87. The largest absolute Gasteiger partial charge is 0.251 e. The average Bonchev–Trinajstić information content (AvgIpc) is 2.87. The van der Waals surface area contributed by atoms with Gasteiger partial charge in [-0.15, -0.1) is 11.3 Å². The van der Waals surface area contributed by atoms with Crippen molar-refractivity contribution in [3.63, 3.8) is 0 Å².